The number of carbonyl (C=O) groups is 2. The van der Waals surface area contributed by atoms with Crippen LogP contribution in [0, 0.1) is 0 Å². The van der Waals surface area contributed by atoms with Crippen molar-refractivity contribution >= 4 is 29.5 Å². The maximum absolute atomic E-state index is 12.2. The summed E-state index contributed by atoms with van der Waals surface area (Å²) in [5.41, 5.74) is 3.28. The molecule has 4 rings (SSSR count). The van der Waals surface area contributed by atoms with E-state index in [1.54, 1.807) is 30.3 Å². The summed E-state index contributed by atoms with van der Waals surface area (Å²) in [4.78, 5) is 27.6. The third kappa shape index (κ3) is 4.19. The Bertz CT molecular complexity index is 1080. The topological polar surface area (TPSA) is 86.2 Å². The van der Waals surface area contributed by atoms with Gasteiger partial charge in [0.2, 0.25) is 18.6 Å². The van der Waals surface area contributed by atoms with Crippen LogP contribution in [0.5, 0.6) is 11.5 Å². The summed E-state index contributed by atoms with van der Waals surface area (Å²) in [5, 5.41) is 2.68. The van der Waals surface area contributed by atoms with Crippen LogP contribution < -0.4 is 14.8 Å². The molecule has 29 heavy (non-hydrogen) atoms. The number of cyclic esters (lactones) is 1. The van der Waals surface area contributed by atoms with E-state index in [2.05, 4.69) is 10.3 Å². The van der Waals surface area contributed by atoms with Gasteiger partial charge in [0.25, 0.3) is 0 Å². The molecule has 1 amide bonds. The highest BCUT2D eigenvalue weighted by molar-refractivity contribution is 6.11. The lowest BCUT2D eigenvalue weighted by atomic mass is 10.1. The number of benzene rings is 2. The molecular weight excluding hydrogens is 372 g/mol. The van der Waals surface area contributed by atoms with E-state index in [4.69, 9.17) is 14.2 Å². The van der Waals surface area contributed by atoms with Gasteiger partial charge in [0.1, 0.15) is 0 Å². The summed E-state index contributed by atoms with van der Waals surface area (Å²) in [6, 6.07) is 12.5. The first-order chi connectivity index (χ1) is 14.0. The minimum absolute atomic E-state index is 0.155. The minimum atomic E-state index is -0.510. The number of rotatable bonds is 4. The quantitative estimate of drug-likeness (QED) is 0.636. The number of hydrogen-bond donors (Lipinski definition) is 1. The molecule has 2 aromatic carbocycles. The van der Waals surface area contributed by atoms with E-state index in [-0.39, 0.29) is 24.3 Å². The van der Waals surface area contributed by atoms with Crippen molar-refractivity contribution in [3.05, 3.63) is 70.9 Å². The average Bonchev–Trinajstić information content (AvgIpc) is 3.28. The number of nitrogens with one attached hydrogen (secondary N) is 1. The molecule has 0 unspecified atom stereocenters. The molecule has 7 heteroatoms. The molecule has 0 atom stereocenters. The van der Waals surface area contributed by atoms with Crippen LogP contribution in [0.3, 0.4) is 0 Å². The fourth-order valence-electron chi connectivity index (χ4n) is 2.96. The van der Waals surface area contributed by atoms with E-state index in [0.717, 1.165) is 16.9 Å². The van der Waals surface area contributed by atoms with Gasteiger partial charge in [-0.1, -0.05) is 12.1 Å². The molecule has 0 saturated carbocycles. The Morgan fingerprint density at radius 1 is 1.07 bits per heavy atom. The van der Waals surface area contributed by atoms with E-state index >= 15 is 0 Å². The average molecular weight is 390 g/mol. The monoisotopic (exact) mass is 390 g/mol. The Labute approximate surface area is 167 Å². The van der Waals surface area contributed by atoms with Gasteiger partial charge in [-0.25, -0.2) is 9.79 Å². The van der Waals surface area contributed by atoms with Crippen LogP contribution >= 0.6 is 0 Å². The molecular formula is C22H18N2O5. The second-order valence-electron chi connectivity index (χ2n) is 6.60. The maximum atomic E-state index is 12.2. The normalized spacial score (nSPS) is 16.6. The molecule has 2 aliphatic heterocycles. The zero-order valence-electron chi connectivity index (χ0n) is 15.9. The van der Waals surface area contributed by atoms with E-state index in [0.29, 0.717) is 17.0 Å². The smallest absolute Gasteiger partial charge is 0.363 e. The maximum Gasteiger partial charge on any atom is 0.363 e. The van der Waals surface area contributed by atoms with Crippen molar-refractivity contribution in [3.8, 4) is 11.5 Å². The first kappa shape index (κ1) is 18.5. The number of nitrogens with zero attached hydrogens (tertiary/aromatic N) is 1. The molecule has 2 aliphatic rings. The van der Waals surface area contributed by atoms with Gasteiger partial charge in [-0.2, -0.15) is 0 Å². The van der Waals surface area contributed by atoms with Gasteiger partial charge >= 0.3 is 5.97 Å². The van der Waals surface area contributed by atoms with E-state index in [9.17, 15) is 9.59 Å². The summed E-state index contributed by atoms with van der Waals surface area (Å²) in [5.74, 6) is 0.979. The summed E-state index contributed by atoms with van der Waals surface area (Å²) in [6.45, 7) is 3.54. The van der Waals surface area contributed by atoms with Crippen molar-refractivity contribution in [1.29, 1.82) is 0 Å². The standard InChI is InChI=1S/C22H18N2O5/c1-13(9-15-3-8-19-20(11-15)28-12-27-19)10-18-22(26)29-21(24-18)16-4-6-17(7-5-16)23-14(2)25/h3-11H,12H2,1-2H3,(H,23,25)/b13-9+,18-10-. The van der Waals surface area contributed by atoms with Crippen molar-refractivity contribution in [3.63, 3.8) is 0 Å². The second kappa shape index (κ2) is 7.63. The fraction of sp³-hybridized carbons (Fsp3) is 0.136. The predicted octanol–water partition coefficient (Wildman–Crippen LogP) is 3.66. The number of ether oxygens (including phenoxy) is 3. The molecule has 0 aromatic heterocycles. The number of fused-ring (bicyclic) bond motifs is 1. The predicted molar refractivity (Wildman–Crippen MR) is 108 cm³/mol. The van der Waals surface area contributed by atoms with E-state index in [1.807, 2.05) is 31.2 Å². The number of esters is 1. The second-order valence-corrected chi connectivity index (χ2v) is 6.60. The molecule has 0 aliphatic carbocycles. The Balaban J connectivity index is 1.53. The number of aliphatic imine (C=N–C) groups is 1. The summed E-state index contributed by atoms with van der Waals surface area (Å²) in [6.07, 6.45) is 3.59. The zero-order chi connectivity index (χ0) is 20.4. The number of hydrogen-bond acceptors (Lipinski definition) is 6. The van der Waals surface area contributed by atoms with Crippen molar-refractivity contribution in [2.75, 3.05) is 12.1 Å². The van der Waals surface area contributed by atoms with Crippen molar-refractivity contribution in [2.24, 2.45) is 4.99 Å². The van der Waals surface area contributed by atoms with Crippen LogP contribution in [0.1, 0.15) is 25.0 Å². The van der Waals surface area contributed by atoms with Crippen LogP contribution in [0.2, 0.25) is 0 Å². The van der Waals surface area contributed by atoms with Crippen molar-refractivity contribution < 1.29 is 23.8 Å². The van der Waals surface area contributed by atoms with Gasteiger partial charge < -0.3 is 19.5 Å². The highest BCUT2D eigenvalue weighted by atomic mass is 16.7. The first-order valence-corrected chi connectivity index (χ1v) is 8.96. The lowest BCUT2D eigenvalue weighted by molar-refractivity contribution is -0.130. The summed E-state index contributed by atoms with van der Waals surface area (Å²) < 4.78 is 16.0. The lowest BCUT2D eigenvalue weighted by Gasteiger charge is -2.03. The molecule has 1 N–H and O–H groups in total. The molecule has 0 bridgehead atoms. The molecule has 146 valence electrons. The Morgan fingerprint density at radius 2 is 1.83 bits per heavy atom. The third-order valence-corrected chi connectivity index (χ3v) is 4.23. The molecule has 2 aromatic rings. The van der Waals surface area contributed by atoms with Gasteiger partial charge in [0.05, 0.1) is 0 Å². The van der Waals surface area contributed by atoms with Crippen molar-refractivity contribution in [1.82, 2.24) is 0 Å². The fourth-order valence-corrected chi connectivity index (χ4v) is 2.96. The van der Waals surface area contributed by atoms with Crippen molar-refractivity contribution in [2.45, 2.75) is 13.8 Å². The molecule has 2 heterocycles. The van der Waals surface area contributed by atoms with Gasteiger partial charge in [-0.15, -0.1) is 0 Å². The molecule has 0 radical (unpaired) electrons. The Kier molecular flexibility index (Phi) is 4.87. The first-order valence-electron chi connectivity index (χ1n) is 8.96. The van der Waals surface area contributed by atoms with E-state index < -0.39 is 5.97 Å². The van der Waals surface area contributed by atoms with Gasteiger partial charge in [-0.3, -0.25) is 4.79 Å². The van der Waals surface area contributed by atoms with Gasteiger partial charge in [-0.05, 0) is 60.5 Å². The Morgan fingerprint density at radius 3 is 2.59 bits per heavy atom. The molecule has 7 nitrogen and oxygen atoms in total. The van der Waals surface area contributed by atoms with Crippen LogP contribution in [0.15, 0.2) is 64.8 Å². The third-order valence-electron chi connectivity index (χ3n) is 4.23. The summed E-state index contributed by atoms with van der Waals surface area (Å²) in [7, 11) is 0. The largest absolute Gasteiger partial charge is 0.454 e. The number of amides is 1. The summed E-state index contributed by atoms with van der Waals surface area (Å²) >= 11 is 0. The van der Waals surface area contributed by atoms with Gasteiger partial charge in [0.15, 0.2) is 17.2 Å². The van der Waals surface area contributed by atoms with Crippen LogP contribution in [0.25, 0.3) is 6.08 Å². The molecule has 0 spiro atoms. The Hall–Kier alpha value is -3.87. The lowest BCUT2D eigenvalue weighted by Crippen LogP contribution is -2.07. The number of allylic oxidation sites excluding steroid dienone is 2. The molecule has 0 fully saturated rings. The minimum Gasteiger partial charge on any atom is -0.454 e. The highest BCUT2D eigenvalue weighted by Gasteiger charge is 2.24. The number of anilines is 1. The zero-order valence-corrected chi connectivity index (χ0v) is 15.9. The molecule has 0 saturated heterocycles. The highest BCUT2D eigenvalue weighted by Crippen LogP contribution is 2.33. The SMILES string of the molecule is CC(=O)Nc1ccc(C2=N/C(=C\C(C)=C\c3ccc4c(c3)OCO4)C(=O)O2)cc1. The van der Waals surface area contributed by atoms with Gasteiger partial charge in [0, 0.05) is 18.2 Å². The van der Waals surface area contributed by atoms with E-state index in [1.165, 1.54) is 6.92 Å². The van der Waals surface area contributed by atoms with Crippen LogP contribution in [-0.4, -0.2) is 24.6 Å². The van der Waals surface area contributed by atoms with Crippen LogP contribution in [-0.2, 0) is 14.3 Å². The number of carbonyl (C=O) groups excluding carboxylic acids is 2. The van der Waals surface area contributed by atoms with Crippen LogP contribution in [0.4, 0.5) is 5.69 Å².